The molecule has 0 heterocycles. The number of carbonyl (C=O) groups excluding carboxylic acids is 2. The van der Waals surface area contributed by atoms with E-state index in [9.17, 15) is 9.59 Å². The van der Waals surface area contributed by atoms with Crippen molar-refractivity contribution in [3.05, 3.63) is 69.7 Å². The quantitative estimate of drug-likeness (QED) is 0.497. The van der Waals surface area contributed by atoms with E-state index in [1.54, 1.807) is 48.5 Å². The molecule has 2 aromatic carbocycles. The number of hydrogen-bond acceptors (Lipinski definition) is 4. The Labute approximate surface area is 148 Å². The lowest BCUT2D eigenvalue weighted by Crippen LogP contribution is -2.35. The topological polar surface area (TPSA) is 82.9 Å². The number of rotatable bonds is 4. The monoisotopic (exact) mass is 362 g/mol. The van der Waals surface area contributed by atoms with Gasteiger partial charge in [0.05, 0.1) is 12.4 Å². The van der Waals surface area contributed by atoms with Crippen molar-refractivity contribution in [2.75, 3.05) is 0 Å². The lowest BCUT2D eigenvalue weighted by atomic mass is 10.2. The van der Waals surface area contributed by atoms with E-state index in [2.05, 4.69) is 21.1 Å². The SMILES string of the molecule is O=C(N/N=C\c1ccc(Cl)cc1)C(=O)N/N=C\c1ccc(Cl)cc1. The fourth-order valence-electron chi connectivity index (χ4n) is 1.53. The second kappa shape index (κ2) is 8.81. The fraction of sp³-hybridized carbons (Fsp3) is 0. The van der Waals surface area contributed by atoms with Crippen LogP contribution in [-0.4, -0.2) is 24.2 Å². The van der Waals surface area contributed by atoms with Gasteiger partial charge < -0.3 is 0 Å². The van der Waals surface area contributed by atoms with E-state index in [1.165, 1.54) is 12.4 Å². The highest BCUT2D eigenvalue weighted by Gasteiger charge is 2.10. The Hall–Kier alpha value is -2.70. The van der Waals surface area contributed by atoms with Crippen molar-refractivity contribution >= 4 is 47.4 Å². The van der Waals surface area contributed by atoms with E-state index in [0.29, 0.717) is 10.0 Å². The molecule has 0 unspecified atom stereocenters. The molecule has 0 aliphatic carbocycles. The van der Waals surface area contributed by atoms with Crippen molar-refractivity contribution in [3.8, 4) is 0 Å². The lowest BCUT2D eigenvalue weighted by molar-refractivity contribution is -0.139. The van der Waals surface area contributed by atoms with Gasteiger partial charge in [0.15, 0.2) is 0 Å². The first-order chi connectivity index (χ1) is 11.5. The summed E-state index contributed by atoms with van der Waals surface area (Å²) in [5.74, 6) is -1.87. The van der Waals surface area contributed by atoms with Crippen LogP contribution in [0.1, 0.15) is 11.1 Å². The molecule has 2 N–H and O–H groups in total. The second-order valence-corrected chi connectivity index (χ2v) is 5.37. The molecule has 0 aromatic heterocycles. The zero-order valence-electron chi connectivity index (χ0n) is 12.2. The van der Waals surface area contributed by atoms with Gasteiger partial charge in [0.2, 0.25) is 0 Å². The van der Waals surface area contributed by atoms with Crippen molar-refractivity contribution in [1.29, 1.82) is 0 Å². The van der Waals surface area contributed by atoms with Crippen LogP contribution >= 0.6 is 23.2 Å². The average molecular weight is 363 g/mol. The number of nitrogens with zero attached hydrogens (tertiary/aromatic N) is 2. The van der Waals surface area contributed by atoms with Crippen LogP contribution in [0.15, 0.2) is 58.7 Å². The second-order valence-electron chi connectivity index (χ2n) is 4.50. The third-order valence-electron chi connectivity index (χ3n) is 2.71. The number of hydrogen-bond donors (Lipinski definition) is 2. The Bertz CT molecular complexity index is 704. The van der Waals surface area contributed by atoms with Crippen LogP contribution in [0.2, 0.25) is 10.0 Å². The molecule has 0 saturated carbocycles. The van der Waals surface area contributed by atoms with Gasteiger partial charge in [-0.25, -0.2) is 10.9 Å². The van der Waals surface area contributed by atoms with E-state index in [0.717, 1.165) is 11.1 Å². The van der Waals surface area contributed by atoms with E-state index in [-0.39, 0.29) is 0 Å². The number of hydrazone groups is 2. The van der Waals surface area contributed by atoms with Gasteiger partial charge in [0.1, 0.15) is 0 Å². The summed E-state index contributed by atoms with van der Waals surface area (Å²) in [6.45, 7) is 0. The highest BCUT2D eigenvalue weighted by Crippen LogP contribution is 2.08. The van der Waals surface area contributed by atoms with Gasteiger partial charge in [-0.2, -0.15) is 10.2 Å². The molecule has 0 saturated heterocycles. The van der Waals surface area contributed by atoms with Crippen molar-refractivity contribution in [2.45, 2.75) is 0 Å². The number of carbonyl (C=O) groups is 2. The summed E-state index contributed by atoms with van der Waals surface area (Å²) in [7, 11) is 0. The number of amides is 2. The van der Waals surface area contributed by atoms with Crippen molar-refractivity contribution in [1.82, 2.24) is 10.9 Å². The van der Waals surface area contributed by atoms with E-state index in [4.69, 9.17) is 23.2 Å². The van der Waals surface area contributed by atoms with Crippen LogP contribution in [0.25, 0.3) is 0 Å². The Morgan fingerprint density at radius 3 is 1.38 bits per heavy atom. The van der Waals surface area contributed by atoms with Crippen molar-refractivity contribution < 1.29 is 9.59 Å². The number of benzene rings is 2. The average Bonchev–Trinajstić information content (AvgIpc) is 2.58. The van der Waals surface area contributed by atoms with E-state index in [1.807, 2.05) is 0 Å². The van der Waals surface area contributed by atoms with Gasteiger partial charge >= 0.3 is 11.8 Å². The van der Waals surface area contributed by atoms with Gasteiger partial charge in [-0.15, -0.1) is 0 Å². The molecular formula is C16H12Cl2N4O2. The first-order valence-electron chi connectivity index (χ1n) is 6.72. The first kappa shape index (κ1) is 17.7. The summed E-state index contributed by atoms with van der Waals surface area (Å²) in [5, 5.41) is 8.53. The maximum absolute atomic E-state index is 11.5. The summed E-state index contributed by atoms with van der Waals surface area (Å²) in [4.78, 5) is 23.1. The van der Waals surface area contributed by atoms with Gasteiger partial charge in [-0.3, -0.25) is 9.59 Å². The first-order valence-corrected chi connectivity index (χ1v) is 7.48. The molecule has 2 amide bonds. The molecule has 8 heteroatoms. The van der Waals surface area contributed by atoms with Gasteiger partial charge in [-0.05, 0) is 35.4 Å². The van der Waals surface area contributed by atoms with Crippen LogP contribution in [0.5, 0.6) is 0 Å². The summed E-state index contributed by atoms with van der Waals surface area (Å²) in [6, 6.07) is 13.6. The van der Waals surface area contributed by atoms with E-state index < -0.39 is 11.8 Å². The molecule has 0 aliphatic rings. The van der Waals surface area contributed by atoms with Crippen LogP contribution in [0.3, 0.4) is 0 Å². The molecule has 122 valence electrons. The number of halogens is 2. The molecule has 6 nitrogen and oxygen atoms in total. The summed E-state index contributed by atoms with van der Waals surface area (Å²) >= 11 is 11.5. The molecule has 0 bridgehead atoms. The molecular weight excluding hydrogens is 351 g/mol. The molecule has 0 radical (unpaired) electrons. The van der Waals surface area contributed by atoms with Gasteiger partial charge in [0.25, 0.3) is 0 Å². The summed E-state index contributed by atoms with van der Waals surface area (Å²) in [6.07, 6.45) is 2.77. The van der Waals surface area contributed by atoms with Crippen LogP contribution < -0.4 is 10.9 Å². The normalized spacial score (nSPS) is 10.9. The predicted molar refractivity (Wildman–Crippen MR) is 94.4 cm³/mol. The maximum Gasteiger partial charge on any atom is 0.331 e. The zero-order valence-corrected chi connectivity index (χ0v) is 13.8. The third-order valence-corrected chi connectivity index (χ3v) is 3.21. The Morgan fingerprint density at radius 1 is 0.708 bits per heavy atom. The minimum atomic E-state index is -0.937. The fourth-order valence-corrected chi connectivity index (χ4v) is 1.78. The predicted octanol–water partition coefficient (Wildman–Crippen LogP) is 2.59. The minimum absolute atomic E-state index is 0.592. The van der Waals surface area contributed by atoms with Gasteiger partial charge in [-0.1, -0.05) is 47.5 Å². The Morgan fingerprint density at radius 2 is 1.04 bits per heavy atom. The minimum Gasteiger partial charge on any atom is -0.262 e. The molecule has 2 aromatic rings. The zero-order chi connectivity index (χ0) is 17.4. The molecule has 0 fully saturated rings. The summed E-state index contributed by atoms with van der Waals surface area (Å²) < 4.78 is 0. The van der Waals surface area contributed by atoms with Crippen molar-refractivity contribution in [3.63, 3.8) is 0 Å². The van der Waals surface area contributed by atoms with Gasteiger partial charge in [0, 0.05) is 10.0 Å². The Kier molecular flexibility index (Phi) is 6.48. The molecule has 0 spiro atoms. The maximum atomic E-state index is 11.5. The standard InChI is InChI=1S/C16H12Cl2N4O2/c17-13-5-1-11(2-6-13)9-19-21-15(23)16(24)22-20-10-12-3-7-14(18)8-4-12/h1-10H,(H,21,23)(H,22,24)/b19-9-,20-10-. The molecule has 0 aliphatic heterocycles. The highest BCUT2D eigenvalue weighted by molar-refractivity contribution is 6.35. The molecule has 24 heavy (non-hydrogen) atoms. The van der Waals surface area contributed by atoms with E-state index >= 15 is 0 Å². The number of nitrogens with one attached hydrogen (secondary N) is 2. The van der Waals surface area contributed by atoms with Crippen LogP contribution in [0, 0.1) is 0 Å². The molecule has 0 atom stereocenters. The van der Waals surface area contributed by atoms with Crippen molar-refractivity contribution in [2.24, 2.45) is 10.2 Å². The highest BCUT2D eigenvalue weighted by atomic mass is 35.5. The smallest absolute Gasteiger partial charge is 0.262 e. The third kappa shape index (κ3) is 5.83. The lowest BCUT2D eigenvalue weighted by Gasteiger charge is -1.98. The van der Waals surface area contributed by atoms with Crippen LogP contribution in [0.4, 0.5) is 0 Å². The summed E-state index contributed by atoms with van der Waals surface area (Å²) in [5.41, 5.74) is 5.64. The van der Waals surface area contributed by atoms with Crippen LogP contribution in [-0.2, 0) is 9.59 Å². The Balaban J connectivity index is 1.80. The molecule has 2 rings (SSSR count). The largest absolute Gasteiger partial charge is 0.331 e.